The number of rotatable bonds is 4. The molecule has 6 nitrogen and oxygen atoms in total. The molecule has 0 amide bonds. The molecular weight excluding hydrogens is 252 g/mol. The van der Waals surface area contributed by atoms with Crippen molar-refractivity contribution in [2.24, 2.45) is 0 Å². The van der Waals surface area contributed by atoms with Gasteiger partial charge in [-0.3, -0.25) is 4.72 Å². The molecule has 1 fully saturated rings. The van der Waals surface area contributed by atoms with Crippen LogP contribution in [-0.2, 0) is 10.0 Å². The van der Waals surface area contributed by atoms with Crippen LogP contribution in [0.2, 0.25) is 0 Å². The lowest BCUT2D eigenvalue weighted by Crippen LogP contribution is -2.38. The fraction of sp³-hybridized carbons (Fsp3) is 0.727. The minimum absolute atomic E-state index is 0.130. The third kappa shape index (κ3) is 2.84. The smallest absolute Gasteiger partial charge is 0.236 e. The van der Waals surface area contributed by atoms with Crippen molar-refractivity contribution in [3.63, 3.8) is 0 Å². The molecule has 1 aromatic heterocycles. The Kier molecular flexibility index (Phi) is 3.91. The van der Waals surface area contributed by atoms with Gasteiger partial charge in [-0.15, -0.1) is 0 Å². The lowest BCUT2D eigenvalue weighted by molar-refractivity contribution is 0.497. The van der Waals surface area contributed by atoms with E-state index in [1.165, 1.54) is 0 Å². The van der Waals surface area contributed by atoms with Crippen LogP contribution in [0.1, 0.15) is 32.7 Å². The Balaban J connectivity index is 2.14. The largest absolute Gasteiger partial charge is 0.317 e. The maximum atomic E-state index is 12.2. The summed E-state index contributed by atoms with van der Waals surface area (Å²) in [6.07, 6.45) is 2.93. The molecule has 0 saturated carbocycles. The molecule has 0 spiro atoms. The molecule has 1 aliphatic rings. The molecule has 2 N–H and O–H groups in total. The van der Waals surface area contributed by atoms with E-state index in [4.69, 9.17) is 0 Å². The monoisotopic (exact) mass is 272 g/mol. The average molecular weight is 272 g/mol. The molecular formula is C11H20N4O2S. The number of anilines is 1. The first-order chi connectivity index (χ1) is 8.50. The molecule has 1 saturated heterocycles. The highest BCUT2D eigenvalue weighted by Gasteiger charge is 2.28. The predicted molar refractivity (Wildman–Crippen MR) is 71.0 cm³/mol. The van der Waals surface area contributed by atoms with Gasteiger partial charge >= 0.3 is 0 Å². The van der Waals surface area contributed by atoms with Gasteiger partial charge in [0.15, 0.2) is 0 Å². The topological polar surface area (TPSA) is 76.0 Å². The summed E-state index contributed by atoms with van der Waals surface area (Å²) < 4.78 is 28.8. The van der Waals surface area contributed by atoms with Crippen molar-refractivity contribution in [1.29, 1.82) is 0 Å². The van der Waals surface area contributed by atoms with Crippen molar-refractivity contribution in [3.05, 3.63) is 12.3 Å². The molecule has 0 aromatic carbocycles. The van der Waals surface area contributed by atoms with Crippen molar-refractivity contribution in [2.45, 2.75) is 38.0 Å². The van der Waals surface area contributed by atoms with Gasteiger partial charge in [-0.1, -0.05) is 0 Å². The zero-order valence-electron chi connectivity index (χ0n) is 10.8. The Bertz CT molecular complexity index is 489. The fourth-order valence-corrected chi connectivity index (χ4v) is 3.62. The normalized spacial score (nSPS) is 18.2. The second kappa shape index (κ2) is 5.27. The van der Waals surface area contributed by atoms with Gasteiger partial charge in [-0.05, 0) is 39.8 Å². The first-order valence-electron chi connectivity index (χ1n) is 6.26. The third-order valence-corrected chi connectivity index (χ3v) is 4.97. The third-order valence-electron chi connectivity index (χ3n) is 3.13. The first kappa shape index (κ1) is 13.4. The predicted octanol–water partition coefficient (Wildman–Crippen LogP) is 0.958. The molecule has 0 aliphatic carbocycles. The first-order valence-corrected chi connectivity index (χ1v) is 7.81. The standard InChI is InChI=1S/C11H20N4O2S/c1-9(2)15-11(5-8-13-15)14-18(16,17)10-3-6-12-7-4-10/h5,8-10,12,14H,3-4,6-7H2,1-2H3. The summed E-state index contributed by atoms with van der Waals surface area (Å²) in [5.41, 5.74) is 0. The number of hydrogen-bond donors (Lipinski definition) is 2. The van der Waals surface area contributed by atoms with E-state index in [2.05, 4.69) is 15.1 Å². The summed E-state index contributed by atoms with van der Waals surface area (Å²) in [5, 5.41) is 6.98. The van der Waals surface area contributed by atoms with Gasteiger partial charge in [-0.25, -0.2) is 13.1 Å². The van der Waals surface area contributed by atoms with Crippen LogP contribution in [-0.4, -0.2) is 36.5 Å². The Morgan fingerprint density at radius 1 is 1.44 bits per heavy atom. The number of hydrogen-bond acceptors (Lipinski definition) is 4. The van der Waals surface area contributed by atoms with Gasteiger partial charge in [0.1, 0.15) is 5.82 Å². The second-order valence-corrected chi connectivity index (χ2v) is 6.81. The zero-order chi connectivity index (χ0) is 13.2. The van der Waals surface area contributed by atoms with E-state index in [1.807, 2.05) is 13.8 Å². The van der Waals surface area contributed by atoms with E-state index in [9.17, 15) is 8.42 Å². The van der Waals surface area contributed by atoms with Crippen molar-refractivity contribution in [2.75, 3.05) is 17.8 Å². The van der Waals surface area contributed by atoms with Gasteiger partial charge in [-0.2, -0.15) is 5.10 Å². The lowest BCUT2D eigenvalue weighted by atomic mass is 10.2. The van der Waals surface area contributed by atoms with Crippen LogP contribution < -0.4 is 10.0 Å². The van der Waals surface area contributed by atoms with Crippen LogP contribution in [0.4, 0.5) is 5.82 Å². The van der Waals surface area contributed by atoms with E-state index < -0.39 is 10.0 Å². The molecule has 7 heteroatoms. The Morgan fingerprint density at radius 3 is 2.72 bits per heavy atom. The summed E-state index contributed by atoms with van der Waals surface area (Å²) in [5.74, 6) is 0.545. The summed E-state index contributed by atoms with van der Waals surface area (Å²) in [7, 11) is -3.31. The van der Waals surface area contributed by atoms with Gasteiger partial charge in [0, 0.05) is 12.1 Å². The van der Waals surface area contributed by atoms with Crippen LogP contribution >= 0.6 is 0 Å². The minimum Gasteiger partial charge on any atom is -0.317 e. The number of nitrogens with one attached hydrogen (secondary N) is 2. The van der Waals surface area contributed by atoms with E-state index in [-0.39, 0.29) is 11.3 Å². The molecule has 0 unspecified atom stereocenters. The van der Waals surface area contributed by atoms with Crippen molar-refractivity contribution < 1.29 is 8.42 Å². The summed E-state index contributed by atoms with van der Waals surface area (Å²) in [6, 6.07) is 1.82. The molecule has 102 valence electrons. The number of sulfonamides is 1. The highest BCUT2D eigenvalue weighted by molar-refractivity contribution is 7.93. The molecule has 18 heavy (non-hydrogen) atoms. The molecule has 0 radical (unpaired) electrons. The molecule has 1 aromatic rings. The Labute approximate surface area is 108 Å². The van der Waals surface area contributed by atoms with Crippen molar-refractivity contribution in [1.82, 2.24) is 15.1 Å². The number of aromatic nitrogens is 2. The van der Waals surface area contributed by atoms with Crippen molar-refractivity contribution >= 4 is 15.8 Å². The van der Waals surface area contributed by atoms with Gasteiger partial charge in [0.05, 0.1) is 11.4 Å². The molecule has 2 rings (SSSR count). The fourth-order valence-electron chi connectivity index (χ4n) is 2.14. The van der Waals surface area contributed by atoms with Crippen LogP contribution in [0.5, 0.6) is 0 Å². The lowest BCUT2D eigenvalue weighted by Gasteiger charge is -2.23. The van der Waals surface area contributed by atoms with E-state index in [0.717, 1.165) is 13.1 Å². The highest BCUT2D eigenvalue weighted by atomic mass is 32.2. The van der Waals surface area contributed by atoms with Crippen LogP contribution in [0.15, 0.2) is 12.3 Å². The SMILES string of the molecule is CC(C)n1nccc1NS(=O)(=O)C1CCNCC1. The van der Waals surface area contributed by atoms with Gasteiger partial charge < -0.3 is 5.32 Å². The average Bonchev–Trinajstić information content (AvgIpc) is 2.78. The van der Waals surface area contributed by atoms with E-state index >= 15 is 0 Å². The maximum absolute atomic E-state index is 12.2. The molecule has 2 heterocycles. The quantitative estimate of drug-likeness (QED) is 0.856. The van der Waals surface area contributed by atoms with Crippen LogP contribution in [0, 0.1) is 0 Å². The maximum Gasteiger partial charge on any atom is 0.236 e. The number of nitrogens with zero attached hydrogens (tertiary/aromatic N) is 2. The van der Waals surface area contributed by atoms with Crippen LogP contribution in [0.25, 0.3) is 0 Å². The number of piperidine rings is 1. The van der Waals surface area contributed by atoms with Crippen LogP contribution in [0.3, 0.4) is 0 Å². The molecule has 0 bridgehead atoms. The van der Waals surface area contributed by atoms with E-state index in [0.29, 0.717) is 18.7 Å². The van der Waals surface area contributed by atoms with E-state index in [1.54, 1.807) is 16.9 Å². The van der Waals surface area contributed by atoms with Gasteiger partial charge in [0.25, 0.3) is 0 Å². The summed E-state index contributed by atoms with van der Waals surface area (Å²) in [4.78, 5) is 0. The molecule has 1 aliphatic heterocycles. The minimum atomic E-state index is -3.31. The van der Waals surface area contributed by atoms with Crippen molar-refractivity contribution in [3.8, 4) is 0 Å². The Hall–Kier alpha value is -1.08. The zero-order valence-corrected chi connectivity index (χ0v) is 11.6. The highest BCUT2D eigenvalue weighted by Crippen LogP contribution is 2.19. The Morgan fingerprint density at radius 2 is 2.11 bits per heavy atom. The summed E-state index contributed by atoms with van der Waals surface area (Å²) in [6.45, 7) is 5.45. The van der Waals surface area contributed by atoms with Gasteiger partial charge in [0.2, 0.25) is 10.0 Å². The summed E-state index contributed by atoms with van der Waals surface area (Å²) >= 11 is 0. The molecule has 0 atom stereocenters. The second-order valence-electron chi connectivity index (χ2n) is 4.85.